The van der Waals surface area contributed by atoms with Gasteiger partial charge in [0.05, 0.1) is 11.0 Å². The van der Waals surface area contributed by atoms with E-state index in [2.05, 4.69) is 35.9 Å². The summed E-state index contributed by atoms with van der Waals surface area (Å²) in [6, 6.07) is 9.63. The number of aromatic nitrogens is 2. The molecule has 4 heteroatoms. The normalized spacial score (nSPS) is 11.2. The van der Waals surface area contributed by atoms with Crippen LogP contribution in [0.5, 0.6) is 0 Å². The fourth-order valence-corrected chi connectivity index (χ4v) is 2.82. The number of rotatable bonds is 1. The Kier molecular flexibility index (Phi) is 3.00. The summed E-state index contributed by atoms with van der Waals surface area (Å²) in [5.74, 6) is 0.785. The molecule has 1 N–H and O–H groups in total. The molecule has 0 bridgehead atoms. The molecule has 3 rings (SSSR count). The van der Waals surface area contributed by atoms with Crippen molar-refractivity contribution in [3.05, 3.63) is 51.5 Å². The minimum Gasteiger partial charge on any atom is -0.338 e. The molecule has 96 valence electrons. The highest BCUT2D eigenvalue weighted by Crippen LogP contribution is 2.28. The largest absolute Gasteiger partial charge is 0.338 e. The van der Waals surface area contributed by atoms with E-state index in [1.807, 2.05) is 12.1 Å². The zero-order valence-electron chi connectivity index (χ0n) is 10.6. The Bertz CT molecular complexity index is 755. The zero-order chi connectivity index (χ0) is 13.6. The summed E-state index contributed by atoms with van der Waals surface area (Å²) in [4.78, 5) is 7.95. The molecular formula is C15H12Cl2N2. The van der Waals surface area contributed by atoms with Crippen molar-refractivity contribution in [2.45, 2.75) is 13.8 Å². The van der Waals surface area contributed by atoms with Crippen molar-refractivity contribution in [1.29, 1.82) is 0 Å². The number of fused-ring (bicyclic) bond motifs is 1. The van der Waals surface area contributed by atoms with Crippen LogP contribution in [0.4, 0.5) is 0 Å². The molecule has 0 spiro atoms. The molecule has 0 saturated heterocycles. The molecule has 0 saturated carbocycles. The molecule has 0 radical (unpaired) electrons. The summed E-state index contributed by atoms with van der Waals surface area (Å²) >= 11 is 12.1. The standard InChI is InChI=1S/C15H12Cl2N2/c1-8-3-9(2)14-13(4-8)18-15(19-14)10-5-11(16)7-12(17)6-10/h3-7H,1-2H3,(H,18,19). The van der Waals surface area contributed by atoms with Gasteiger partial charge in [-0.1, -0.05) is 29.3 Å². The van der Waals surface area contributed by atoms with Gasteiger partial charge in [-0.05, 0) is 49.2 Å². The van der Waals surface area contributed by atoms with Gasteiger partial charge in [-0.3, -0.25) is 0 Å². The summed E-state index contributed by atoms with van der Waals surface area (Å²) in [5.41, 5.74) is 5.28. The highest BCUT2D eigenvalue weighted by atomic mass is 35.5. The molecule has 2 nitrogen and oxygen atoms in total. The highest BCUT2D eigenvalue weighted by molar-refractivity contribution is 6.35. The first kappa shape index (κ1) is 12.5. The van der Waals surface area contributed by atoms with Crippen LogP contribution >= 0.6 is 23.2 Å². The second-order valence-corrected chi connectivity index (χ2v) is 5.59. The SMILES string of the molecule is Cc1cc(C)c2nc(-c3cc(Cl)cc(Cl)c3)[nH]c2c1. The van der Waals surface area contributed by atoms with E-state index < -0.39 is 0 Å². The minimum absolute atomic E-state index is 0.607. The first-order valence-electron chi connectivity index (χ1n) is 5.96. The van der Waals surface area contributed by atoms with Crippen LogP contribution in [0.25, 0.3) is 22.4 Å². The lowest BCUT2D eigenvalue weighted by molar-refractivity contribution is 1.33. The van der Waals surface area contributed by atoms with Gasteiger partial charge in [0.15, 0.2) is 0 Å². The van der Waals surface area contributed by atoms with Crippen LogP contribution in [-0.4, -0.2) is 9.97 Å². The molecule has 2 aromatic carbocycles. The number of imidazole rings is 1. The van der Waals surface area contributed by atoms with Gasteiger partial charge in [0.25, 0.3) is 0 Å². The zero-order valence-corrected chi connectivity index (χ0v) is 12.1. The van der Waals surface area contributed by atoms with Crippen LogP contribution in [0, 0.1) is 13.8 Å². The van der Waals surface area contributed by atoms with Crippen LogP contribution in [0.3, 0.4) is 0 Å². The number of aromatic amines is 1. The van der Waals surface area contributed by atoms with Crippen molar-refractivity contribution in [1.82, 2.24) is 9.97 Å². The van der Waals surface area contributed by atoms with E-state index >= 15 is 0 Å². The van der Waals surface area contributed by atoms with Gasteiger partial charge >= 0.3 is 0 Å². The fraction of sp³-hybridized carbons (Fsp3) is 0.133. The smallest absolute Gasteiger partial charge is 0.138 e. The summed E-state index contributed by atoms with van der Waals surface area (Å²) < 4.78 is 0. The molecule has 3 aromatic rings. The molecule has 0 unspecified atom stereocenters. The highest BCUT2D eigenvalue weighted by Gasteiger charge is 2.09. The predicted octanol–water partition coefficient (Wildman–Crippen LogP) is 5.15. The van der Waals surface area contributed by atoms with E-state index in [0.717, 1.165) is 28.0 Å². The van der Waals surface area contributed by atoms with Crippen molar-refractivity contribution in [3.63, 3.8) is 0 Å². The van der Waals surface area contributed by atoms with Crippen LogP contribution in [-0.2, 0) is 0 Å². The number of aryl methyl sites for hydroxylation is 2. The Labute approximate surface area is 121 Å². The van der Waals surface area contributed by atoms with E-state index in [4.69, 9.17) is 23.2 Å². The van der Waals surface area contributed by atoms with Gasteiger partial charge < -0.3 is 4.98 Å². The Morgan fingerprint density at radius 1 is 0.947 bits per heavy atom. The average Bonchev–Trinajstić information content (AvgIpc) is 2.71. The summed E-state index contributed by atoms with van der Waals surface area (Å²) in [6.45, 7) is 4.13. The quantitative estimate of drug-likeness (QED) is 0.659. The number of hydrogen-bond acceptors (Lipinski definition) is 1. The summed E-state index contributed by atoms with van der Waals surface area (Å²) in [5, 5.41) is 1.21. The Morgan fingerprint density at radius 3 is 2.32 bits per heavy atom. The van der Waals surface area contributed by atoms with Gasteiger partial charge in [0, 0.05) is 15.6 Å². The molecule has 0 amide bonds. The predicted molar refractivity (Wildman–Crippen MR) is 81.0 cm³/mol. The lowest BCUT2D eigenvalue weighted by atomic mass is 10.1. The van der Waals surface area contributed by atoms with Crippen molar-refractivity contribution in [2.75, 3.05) is 0 Å². The van der Waals surface area contributed by atoms with Crippen LogP contribution in [0.2, 0.25) is 10.0 Å². The molecule has 0 fully saturated rings. The van der Waals surface area contributed by atoms with E-state index in [1.54, 1.807) is 6.07 Å². The first-order valence-corrected chi connectivity index (χ1v) is 6.72. The fourth-order valence-electron chi connectivity index (χ4n) is 2.30. The number of benzene rings is 2. The number of nitrogens with zero attached hydrogens (tertiary/aromatic N) is 1. The maximum absolute atomic E-state index is 6.03. The van der Waals surface area contributed by atoms with Crippen molar-refractivity contribution >= 4 is 34.2 Å². The molecule has 1 aromatic heterocycles. The van der Waals surface area contributed by atoms with Gasteiger partial charge in [-0.2, -0.15) is 0 Å². The molecule has 0 aliphatic rings. The number of hydrogen-bond donors (Lipinski definition) is 1. The lowest BCUT2D eigenvalue weighted by Crippen LogP contribution is -1.81. The molecule has 1 heterocycles. The Morgan fingerprint density at radius 2 is 1.63 bits per heavy atom. The summed E-state index contributed by atoms with van der Waals surface area (Å²) in [6.07, 6.45) is 0. The monoisotopic (exact) mass is 290 g/mol. The van der Waals surface area contributed by atoms with E-state index in [9.17, 15) is 0 Å². The molecule has 0 atom stereocenters. The number of halogens is 2. The van der Waals surface area contributed by atoms with Gasteiger partial charge in [-0.15, -0.1) is 0 Å². The second-order valence-electron chi connectivity index (χ2n) is 4.72. The summed E-state index contributed by atoms with van der Waals surface area (Å²) in [7, 11) is 0. The van der Waals surface area contributed by atoms with Crippen molar-refractivity contribution in [3.8, 4) is 11.4 Å². The van der Waals surface area contributed by atoms with Gasteiger partial charge in [0.2, 0.25) is 0 Å². The average molecular weight is 291 g/mol. The number of nitrogens with one attached hydrogen (secondary N) is 1. The van der Waals surface area contributed by atoms with Crippen molar-refractivity contribution < 1.29 is 0 Å². The van der Waals surface area contributed by atoms with Gasteiger partial charge in [0.1, 0.15) is 5.82 Å². The second kappa shape index (κ2) is 4.55. The maximum Gasteiger partial charge on any atom is 0.138 e. The third-order valence-corrected chi connectivity index (χ3v) is 3.49. The molecular weight excluding hydrogens is 279 g/mol. The Hall–Kier alpha value is -1.51. The van der Waals surface area contributed by atoms with E-state index in [1.165, 1.54) is 5.56 Å². The molecule has 0 aliphatic heterocycles. The van der Waals surface area contributed by atoms with Crippen molar-refractivity contribution in [2.24, 2.45) is 0 Å². The third kappa shape index (κ3) is 2.34. The number of H-pyrrole nitrogens is 1. The molecule has 0 aliphatic carbocycles. The van der Waals surface area contributed by atoms with Crippen LogP contribution in [0.1, 0.15) is 11.1 Å². The van der Waals surface area contributed by atoms with Gasteiger partial charge in [-0.25, -0.2) is 4.98 Å². The maximum atomic E-state index is 6.03. The lowest BCUT2D eigenvalue weighted by Gasteiger charge is -1.99. The first-order chi connectivity index (χ1) is 9.02. The van der Waals surface area contributed by atoms with E-state index in [0.29, 0.717) is 10.0 Å². The van der Waals surface area contributed by atoms with Crippen LogP contribution in [0.15, 0.2) is 30.3 Å². The van der Waals surface area contributed by atoms with E-state index in [-0.39, 0.29) is 0 Å². The molecule has 19 heavy (non-hydrogen) atoms. The van der Waals surface area contributed by atoms with Crippen LogP contribution < -0.4 is 0 Å². The minimum atomic E-state index is 0.607. The Balaban J connectivity index is 2.23. The third-order valence-electron chi connectivity index (χ3n) is 3.06. The topological polar surface area (TPSA) is 28.7 Å².